The van der Waals surface area contributed by atoms with Crippen LogP contribution in [-0.4, -0.2) is 20.3 Å². The van der Waals surface area contributed by atoms with E-state index in [0.29, 0.717) is 20.7 Å². The van der Waals surface area contributed by atoms with Crippen LogP contribution in [0.5, 0.6) is 0 Å². The van der Waals surface area contributed by atoms with Gasteiger partial charge in [0.15, 0.2) is 0 Å². The monoisotopic (exact) mass is 368 g/mol. The standard InChI is InChI=1S/C18H13ClN4OS/c1-11-16(22-18-20-8-3-9-23(11)18)12-4-2-5-13(10-12)21-17(24)14-6-7-15(19)25-14/h2-10H,1H3,(H,21,24). The molecule has 0 saturated heterocycles. The van der Waals surface area contributed by atoms with Crippen molar-refractivity contribution in [2.75, 3.05) is 5.32 Å². The van der Waals surface area contributed by atoms with Gasteiger partial charge in [-0.25, -0.2) is 9.97 Å². The summed E-state index contributed by atoms with van der Waals surface area (Å²) in [6, 6.07) is 12.9. The van der Waals surface area contributed by atoms with E-state index in [9.17, 15) is 4.79 Å². The zero-order valence-electron chi connectivity index (χ0n) is 13.2. The largest absolute Gasteiger partial charge is 0.321 e. The number of fused-ring (bicyclic) bond motifs is 1. The van der Waals surface area contributed by atoms with E-state index >= 15 is 0 Å². The van der Waals surface area contributed by atoms with Crippen molar-refractivity contribution in [3.63, 3.8) is 0 Å². The predicted octanol–water partition coefficient (Wildman–Crippen LogP) is 4.67. The summed E-state index contributed by atoms with van der Waals surface area (Å²) in [6.45, 7) is 2.00. The molecule has 0 unspecified atom stereocenters. The minimum atomic E-state index is -0.178. The molecular weight excluding hydrogens is 356 g/mol. The highest BCUT2D eigenvalue weighted by Gasteiger charge is 2.13. The van der Waals surface area contributed by atoms with Gasteiger partial charge in [-0.1, -0.05) is 23.7 Å². The van der Waals surface area contributed by atoms with E-state index in [1.54, 1.807) is 18.3 Å². The molecule has 1 aromatic carbocycles. The summed E-state index contributed by atoms with van der Waals surface area (Å²) in [4.78, 5) is 21.7. The van der Waals surface area contributed by atoms with E-state index in [-0.39, 0.29) is 5.91 Å². The zero-order valence-corrected chi connectivity index (χ0v) is 14.8. The third-order valence-electron chi connectivity index (χ3n) is 3.83. The number of aromatic nitrogens is 3. The molecule has 0 spiro atoms. The Morgan fingerprint density at radius 3 is 2.88 bits per heavy atom. The van der Waals surface area contributed by atoms with Crippen molar-refractivity contribution in [3.05, 3.63) is 69.8 Å². The molecule has 25 heavy (non-hydrogen) atoms. The number of carbonyl (C=O) groups is 1. The second kappa shape index (κ2) is 6.31. The van der Waals surface area contributed by atoms with Gasteiger partial charge in [-0.15, -0.1) is 11.3 Å². The van der Waals surface area contributed by atoms with Crippen LogP contribution in [-0.2, 0) is 0 Å². The number of rotatable bonds is 3. The van der Waals surface area contributed by atoms with Gasteiger partial charge in [0.1, 0.15) is 0 Å². The molecule has 0 atom stereocenters. The Morgan fingerprint density at radius 1 is 1.24 bits per heavy atom. The van der Waals surface area contributed by atoms with Crippen LogP contribution in [0.25, 0.3) is 17.0 Å². The molecule has 1 N–H and O–H groups in total. The van der Waals surface area contributed by atoms with Crippen molar-refractivity contribution >= 4 is 40.3 Å². The average Bonchev–Trinajstić information content (AvgIpc) is 3.19. The van der Waals surface area contributed by atoms with Gasteiger partial charge in [0.2, 0.25) is 5.78 Å². The van der Waals surface area contributed by atoms with E-state index in [2.05, 4.69) is 15.3 Å². The molecule has 0 fully saturated rings. The SMILES string of the molecule is Cc1c(-c2cccc(NC(=O)c3ccc(Cl)s3)c2)nc2ncccn12. The first kappa shape index (κ1) is 15.8. The number of thiophene rings is 1. The van der Waals surface area contributed by atoms with Crippen LogP contribution in [0, 0.1) is 6.92 Å². The second-order valence-electron chi connectivity index (χ2n) is 5.47. The highest BCUT2D eigenvalue weighted by atomic mass is 35.5. The lowest BCUT2D eigenvalue weighted by molar-refractivity contribution is 0.103. The van der Waals surface area contributed by atoms with Gasteiger partial charge in [-0.05, 0) is 37.3 Å². The number of hydrogen-bond donors (Lipinski definition) is 1. The molecule has 3 heterocycles. The number of imidazole rings is 1. The van der Waals surface area contributed by atoms with Gasteiger partial charge in [-0.2, -0.15) is 0 Å². The number of aryl methyl sites for hydroxylation is 1. The molecule has 0 bridgehead atoms. The number of anilines is 1. The zero-order chi connectivity index (χ0) is 17.4. The maximum Gasteiger partial charge on any atom is 0.265 e. The van der Waals surface area contributed by atoms with E-state index in [1.807, 2.05) is 47.9 Å². The normalized spacial score (nSPS) is 11.0. The smallest absolute Gasteiger partial charge is 0.265 e. The molecule has 7 heteroatoms. The van der Waals surface area contributed by atoms with Crippen LogP contribution in [0.15, 0.2) is 54.9 Å². The van der Waals surface area contributed by atoms with Gasteiger partial charge in [0.25, 0.3) is 5.91 Å². The highest BCUT2D eigenvalue weighted by molar-refractivity contribution is 7.18. The molecule has 3 aromatic heterocycles. The highest BCUT2D eigenvalue weighted by Crippen LogP contribution is 2.27. The minimum absolute atomic E-state index is 0.178. The number of halogens is 1. The number of carbonyl (C=O) groups excluding carboxylic acids is 1. The molecule has 4 aromatic rings. The fraction of sp³-hybridized carbons (Fsp3) is 0.0556. The predicted molar refractivity (Wildman–Crippen MR) is 100 cm³/mol. The van der Waals surface area contributed by atoms with Gasteiger partial charge in [0, 0.05) is 29.3 Å². The molecule has 0 aliphatic carbocycles. The van der Waals surface area contributed by atoms with Crippen molar-refractivity contribution in [1.29, 1.82) is 0 Å². The lowest BCUT2D eigenvalue weighted by Gasteiger charge is -2.06. The van der Waals surface area contributed by atoms with E-state index in [1.165, 1.54) is 11.3 Å². The fourth-order valence-corrected chi connectivity index (χ4v) is 3.59. The molecule has 124 valence electrons. The summed E-state index contributed by atoms with van der Waals surface area (Å²) in [7, 11) is 0. The second-order valence-corrected chi connectivity index (χ2v) is 7.19. The van der Waals surface area contributed by atoms with Gasteiger partial charge < -0.3 is 5.32 Å². The number of amides is 1. The Balaban J connectivity index is 1.67. The van der Waals surface area contributed by atoms with Crippen molar-refractivity contribution in [2.45, 2.75) is 6.92 Å². The topological polar surface area (TPSA) is 59.3 Å². The summed E-state index contributed by atoms with van der Waals surface area (Å²) >= 11 is 7.14. The third-order valence-corrected chi connectivity index (χ3v) is 5.06. The Hall–Kier alpha value is -2.70. The quantitative estimate of drug-likeness (QED) is 0.571. The molecule has 0 radical (unpaired) electrons. The van der Waals surface area contributed by atoms with Crippen LogP contribution >= 0.6 is 22.9 Å². The molecule has 1 amide bonds. The average molecular weight is 369 g/mol. The van der Waals surface area contributed by atoms with Crippen LogP contribution in [0.3, 0.4) is 0 Å². The van der Waals surface area contributed by atoms with Crippen molar-refractivity contribution in [1.82, 2.24) is 14.4 Å². The summed E-state index contributed by atoms with van der Waals surface area (Å²) in [5.41, 5.74) is 3.46. The molecule has 5 nitrogen and oxygen atoms in total. The Bertz CT molecular complexity index is 1090. The van der Waals surface area contributed by atoms with Crippen molar-refractivity contribution in [2.24, 2.45) is 0 Å². The first-order valence-electron chi connectivity index (χ1n) is 7.58. The van der Waals surface area contributed by atoms with Crippen LogP contribution < -0.4 is 5.32 Å². The van der Waals surface area contributed by atoms with Gasteiger partial charge in [-0.3, -0.25) is 9.20 Å². The van der Waals surface area contributed by atoms with E-state index in [0.717, 1.165) is 17.0 Å². The lowest BCUT2D eigenvalue weighted by Crippen LogP contribution is -2.09. The summed E-state index contributed by atoms with van der Waals surface area (Å²) in [5.74, 6) is 0.472. The molecule has 0 saturated carbocycles. The van der Waals surface area contributed by atoms with Gasteiger partial charge in [0.05, 0.1) is 14.9 Å². The lowest BCUT2D eigenvalue weighted by atomic mass is 10.1. The number of nitrogens with one attached hydrogen (secondary N) is 1. The number of nitrogens with zero attached hydrogens (tertiary/aromatic N) is 3. The summed E-state index contributed by atoms with van der Waals surface area (Å²) in [5, 5.41) is 2.90. The van der Waals surface area contributed by atoms with Crippen molar-refractivity contribution in [3.8, 4) is 11.3 Å². The van der Waals surface area contributed by atoms with Crippen LogP contribution in [0.2, 0.25) is 4.34 Å². The summed E-state index contributed by atoms with van der Waals surface area (Å²) in [6.07, 6.45) is 3.65. The Labute approximate surface area is 152 Å². The minimum Gasteiger partial charge on any atom is -0.321 e. The fourth-order valence-electron chi connectivity index (χ4n) is 2.65. The van der Waals surface area contributed by atoms with E-state index in [4.69, 9.17) is 11.6 Å². The van der Waals surface area contributed by atoms with Crippen molar-refractivity contribution < 1.29 is 4.79 Å². The number of benzene rings is 1. The van der Waals surface area contributed by atoms with Gasteiger partial charge >= 0.3 is 0 Å². The first-order chi connectivity index (χ1) is 12.1. The maximum atomic E-state index is 12.3. The third kappa shape index (κ3) is 3.01. The molecule has 0 aliphatic heterocycles. The summed E-state index contributed by atoms with van der Waals surface area (Å²) < 4.78 is 2.53. The molecule has 4 rings (SSSR count). The van der Waals surface area contributed by atoms with Crippen LogP contribution in [0.1, 0.15) is 15.4 Å². The Kier molecular flexibility index (Phi) is 3.99. The first-order valence-corrected chi connectivity index (χ1v) is 8.78. The van der Waals surface area contributed by atoms with E-state index < -0.39 is 0 Å². The maximum absolute atomic E-state index is 12.3. The van der Waals surface area contributed by atoms with Crippen LogP contribution in [0.4, 0.5) is 5.69 Å². The Morgan fingerprint density at radius 2 is 2.12 bits per heavy atom. The molecule has 0 aliphatic rings. The molecular formula is C18H13ClN4OS. The number of hydrogen-bond acceptors (Lipinski definition) is 4.